The van der Waals surface area contributed by atoms with E-state index in [1.54, 1.807) is 61.7 Å². The molecular weight excluding hydrogens is 510 g/mol. The lowest BCUT2D eigenvalue weighted by Crippen LogP contribution is -2.55. The Hall–Kier alpha value is -3.44. The molecule has 0 aliphatic carbocycles. The zero-order valence-corrected chi connectivity index (χ0v) is 24.6. The molecule has 0 radical (unpaired) electrons. The summed E-state index contributed by atoms with van der Waals surface area (Å²) in [6.07, 6.45) is 7.82. The van der Waals surface area contributed by atoms with Gasteiger partial charge in [0.05, 0.1) is 0 Å². The standard InChI is InChI=1S/C31H41N3O4S/c1-8-22(3)34(29(36)26(19-20-39-7)33-30(37)38-31(4,5)6)27(25-17-15-23(9-2)16-18-25)28(35)32-21-24-13-11-10-12-14-24/h2,10-18,22,26-27H,8,19-21H2,1,3-7H3,(H,32,35)(H,33,37). The molecule has 2 rings (SSSR count). The van der Waals surface area contributed by atoms with Gasteiger partial charge in [0.2, 0.25) is 11.8 Å². The fourth-order valence-corrected chi connectivity index (χ4v) is 4.47. The smallest absolute Gasteiger partial charge is 0.408 e. The fourth-order valence-electron chi connectivity index (χ4n) is 4.00. The Morgan fingerprint density at radius 2 is 1.72 bits per heavy atom. The number of nitrogens with one attached hydrogen (secondary N) is 2. The Labute approximate surface area is 237 Å². The first-order valence-corrected chi connectivity index (χ1v) is 14.6. The van der Waals surface area contributed by atoms with Crippen LogP contribution in [0.15, 0.2) is 54.6 Å². The molecule has 39 heavy (non-hydrogen) atoms. The number of benzene rings is 2. The van der Waals surface area contributed by atoms with E-state index in [9.17, 15) is 14.4 Å². The van der Waals surface area contributed by atoms with Gasteiger partial charge in [-0.1, -0.05) is 55.3 Å². The highest BCUT2D eigenvalue weighted by Crippen LogP contribution is 2.27. The van der Waals surface area contributed by atoms with E-state index < -0.39 is 23.8 Å². The number of terminal acetylenes is 1. The van der Waals surface area contributed by atoms with Crippen molar-refractivity contribution in [1.82, 2.24) is 15.5 Å². The molecule has 0 saturated heterocycles. The Balaban J connectivity index is 2.49. The average molecular weight is 552 g/mol. The molecule has 0 aliphatic rings. The minimum absolute atomic E-state index is 0.297. The molecule has 3 atom stereocenters. The van der Waals surface area contributed by atoms with Crippen LogP contribution in [0.4, 0.5) is 4.79 Å². The minimum Gasteiger partial charge on any atom is -0.444 e. The Bertz CT molecular complexity index is 1120. The van der Waals surface area contributed by atoms with Crippen LogP contribution in [0, 0.1) is 12.3 Å². The third-order valence-electron chi connectivity index (χ3n) is 6.15. The van der Waals surface area contributed by atoms with E-state index in [1.807, 2.05) is 50.4 Å². The van der Waals surface area contributed by atoms with Crippen LogP contribution in [0.25, 0.3) is 0 Å². The van der Waals surface area contributed by atoms with Crippen LogP contribution < -0.4 is 10.6 Å². The molecule has 0 saturated carbocycles. The molecule has 2 N–H and O–H groups in total. The maximum Gasteiger partial charge on any atom is 0.408 e. The Morgan fingerprint density at radius 1 is 1.08 bits per heavy atom. The summed E-state index contributed by atoms with van der Waals surface area (Å²) in [5.74, 6) is 2.57. The van der Waals surface area contributed by atoms with Gasteiger partial charge in [0.1, 0.15) is 17.7 Å². The van der Waals surface area contributed by atoms with E-state index in [-0.39, 0.29) is 17.9 Å². The van der Waals surface area contributed by atoms with E-state index in [1.165, 1.54) is 0 Å². The lowest BCUT2D eigenvalue weighted by atomic mass is 9.98. The van der Waals surface area contributed by atoms with Gasteiger partial charge >= 0.3 is 6.09 Å². The number of ether oxygens (including phenoxy) is 1. The van der Waals surface area contributed by atoms with E-state index in [0.717, 1.165) is 5.56 Å². The van der Waals surface area contributed by atoms with Crippen molar-refractivity contribution in [3.63, 3.8) is 0 Å². The highest BCUT2D eigenvalue weighted by atomic mass is 32.2. The predicted octanol–water partition coefficient (Wildman–Crippen LogP) is 5.30. The number of nitrogens with zero attached hydrogens (tertiary/aromatic N) is 1. The van der Waals surface area contributed by atoms with Gasteiger partial charge in [-0.15, -0.1) is 6.42 Å². The lowest BCUT2D eigenvalue weighted by Gasteiger charge is -2.38. The van der Waals surface area contributed by atoms with Crippen molar-refractivity contribution in [3.8, 4) is 12.3 Å². The third-order valence-corrected chi connectivity index (χ3v) is 6.79. The maximum absolute atomic E-state index is 14.2. The van der Waals surface area contributed by atoms with Crippen molar-refractivity contribution in [2.45, 2.75) is 77.7 Å². The number of alkyl carbamates (subject to hydrolysis) is 1. The van der Waals surface area contributed by atoms with Crippen molar-refractivity contribution in [1.29, 1.82) is 0 Å². The molecule has 2 aromatic rings. The van der Waals surface area contributed by atoms with E-state index >= 15 is 0 Å². The third kappa shape index (κ3) is 9.99. The minimum atomic E-state index is -0.930. The second-order valence-corrected chi connectivity index (χ2v) is 11.3. The summed E-state index contributed by atoms with van der Waals surface area (Å²) in [7, 11) is 0. The number of hydrogen-bond donors (Lipinski definition) is 2. The lowest BCUT2D eigenvalue weighted by molar-refractivity contribution is -0.145. The van der Waals surface area contributed by atoms with Crippen LogP contribution in [0.1, 0.15) is 70.2 Å². The zero-order chi connectivity index (χ0) is 29.0. The number of thioether (sulfide) groups is 1. The first-order valence-electron chi connectivity index (χ1n) is 13.2. The Kier molecular flexibility index (Phi) is 12.4. The normalized spacial score (nSPS) is 13.4. The second-order valence-electron chi connectivity index (χ2n) is 10.4. The van der Waals surface area contributed by atoms with Gasteiger partial charge < -0.3 is 20.3 Å². The van der Waals surface area contributed by atoms with Gasteiger partial charge in [-0.05, 0) is 75.8 Å². The predicted molar refractivity (Wildman–Crippen MR) is 158 cm³/mol. The quantitative estimate of drug-likeness (QED) is 0.350. The summed E-state index contributed by atoms with van der Waals surface area (Å²) in [6.45, 7) is 9.48. The summed E-state index contributed by atoms with van der Waals surface area (Å²) in [5.41, 5.74) is 1.53. The second kappa shape index (κ2) is 15.2. The fraction of sp³-hybridized carbons (Fsp3) is 0.452. The summed E-state index contributed by atoms with van der Waals surface area (Å²) in [5, 5.41) is 5.77. The average Bonchev–Trinajstić information content (AvgIpc) is 2.91. The molecule has 0 aromatic heterocycles. The molecule has 8 heteroatoms. The molecule has 7 nitrogen and oxygen atoms in total. The van der Waals surface area contributed by atoms with Crippen molar-refractivity contribution in [2.75, 3.05) is 12.0 Å². The van der Waals surface area contributed by atoms with Crippen LogP contribution in [0.5, 0.6) is 0 Å². The molecule has 2 aromatic carbocycles. The first kappa shape index (κ1) is 31.8. The van der Waals surface area contributed by atoms with Gasteiger partial charge in [-0.25, -0.2) is 4.79 Å². The van der Waals surface area contributed by atoms with E-state index in [4.69, 9.17) is 11.2 Å². The molecule has 0 heterocycles. The van der Waals surface area contributed by atoms with Gasteiger partial charge in [0.15, 0.2) is 0 Å². The molecule has 0 bridgehead atoms. The summed E-state index contributed by atoms with van der Waals surface area (Å²) in [4.78, 5) is 42.3. The van der Waals surface area contributed by atoms with Gasteiger partial charge in [0.25, 0.3) is 0 Å². The number of amides is 3. The monoisotopic (exact) mass is 551 g/mol. The van der Waals surface area contributed by atoms with Crippen LogP contribution in [-0.2, 0) is 20.9 Å². The molecule has 0 spiro atoms. The van der Waals surface area contributed by atoms with E-state index in [2.05, 4.69) is 16.6 Å². The van der Waals surface area contributed by atoms with Crippen LogP contribution in [0.3, 0.4) is 0 Å². The molecular formula is C31H41N3O4S. The van der Waals surface area contributed by atoms with E-state index in [0.29, 0.717) is 36.3 Å². The number of carbonyl (C=O) groups is 3. The van der Waals surface area contributed by atoms with Crippen LogP contribution in [0.2, 0.25) is 0 Å². The van der Waals surface area contributed by atoms with Crippen molar-refractivity contribution >= 4 is 29.7 Å². The number of carbonyl (C=O) groups excluding carboxylic acids is 3. The Morgan fingerprint density at radius 3 is 2.26 bits per heavy atom. The number of rotatable bonds is 12. The number of hydrogen-bond acceptors (Lipinski definition) is 5. The molecule has 0 aliphatic heterocycles. The van der Waals surface area contributed by atoms with Crippen molar-refractivity contribution in [3.05, 3.63) is 71.3 Å². The van der Waals surface area contributed by atoms with Gasteiger partial charge in [-0.3, -0.25) is 9.59 Å². The summed E-state index contributed by atoms with van der Waals surface area (Å²) >= 11 is 1.57. The largest absolute Gasteiger partial charge is 0.444 e. The summed E-state index contributed by atoms with van der Waals surface area (Å²) in [6, 6.07) is 14.6. The van der Waals surface area contributed by atoms with Gasteiger partial charge in [0, 0.05) is 18.2 Å². The molecule has 3 unspecified atom stereocenters. The topological polar surface area (TPSA) is 87.7 Å². The maximum atomic E-state index is 14.2. The van der Waals surface area contributed by atoms with Crippen molar-refractivity contribution < 1.29 is 19.1 Å². The first-order chi connectivity index (χ1) is 18.5. The molecule has 210 valence electrons. The van der Waals surface area contributed by atoms with Crippen molar-refractivity contribution in [2.24, 2.45) is 0 Å². The highest BCUT2D eigenvalue weighted by molar-refractivity contribution is 7.98. The zero-order valence-electron chi connectivity index (χ0n) is 23.8. The van der Waals surface area contributed by atoms with Crippen LogP contribution >= 0.6 is 11.8 Å². The molecule has 3 amide bonds. The SMILES string of the molecule is C#Cc1ccc(C(C(=O)NCc2ccccc2)N(C(=O)C(CCSC)NC(=O)OC(C)(C)C)C(C)CC)cc1. The van der Waals surface area contributed by atoms with Crippen LogP contribution in [-0.4, -0.2) is 52.5 Å². The highest BCUT2D eigenvalue weighted by Gasteiger charge is 2.38. The summed E-state index contributed by atoms with van der Waals surface area (Å²) < 4.78 is 5.44. The van der Waals surface area contributed by atoms with Gasteiger partial charge in [-0.2, -0.15) is 11.8 Å². The molecule has 0 fully saturated rings.